The molecular weight excluding hydrogens is 226 g/mol. The minimum Gasteiger partial charge on any atom is -0.506 e. The highest BCUT2D eigenvalue weighted by Crippen LogP contribution is 2.23. The molecule has 0 saturated carbocycles. The van der Waals surface area contributed by atoms with Crippen molar-refractivity contribution in [1.29, 1.82) is 0 Å². The molecule has 2 rings (SSSR count). The molecule has 0 saturated heterocycles. The van der Waals surface area contributed by atoms with Gasteiger partial charge in [-0.1, -0.05) is 23.7 Å². The van der Waals surface area contributed by atoms with Crippen LogP contribution >= 0.6 is 11.6 Å². The summed E-state index contributed by atoms with van der Waals surface area (Å²) in [5.41, 5.74) is 0.808. The van der Waals surface area contributed by atoms with Gasteiger partial charge in [-0.2, -0.15) is 0 Å². The van der Waals surface area contributed by atoms with Crippen molar-refractivity contribution in [1.82, 2.24) is 4.57 Å². The Morgan fingerprint density at radius 1 is 1.25 bits per heavy atom. The van der Waals surface area contributed by atoms with Crippen LogP contribution in [0.3, 0.4) is 0 Å². The standard InChI is InChI=1S/C12H10ClNO2/c13-10-7-9(4-5-11(10)15)8-14-6-2-1-3-12(14)16/h1-7,15H,8H2. The van der Waals surface area contributed by atoms with Crippen LogP contribution in [-0.2, 0) is 6.54 Å². The van der Waals surface area contributed by atoms with E-state index in [0.717, 1.165) is 5.56 Å². The van der Waals surface area contributed by atoms with E-state index >= 15 is 0 Å². The summed E-state index contributed by atoms with van der Waals surface area (Å²) in [4.78, 5) is 11.5. The summed E-state index contributed by atoms with van der Waals surface area (Å²) >= 11 is 5.78. The van der Waals surface area contributed by atoms with Crippen LogP contribution in [0.2, 0.25) is 5.02 Å². The van der Waals surface area contributed by atoms with Gasteiger partial charge < -0.3 is 9.67 Å². The Labute approximate surface area is 97.5 Å². The molecule has 1 N–H and O–H groups in total. The zero-order valence-corrected chi connectivity index (χ0v) is 9.19. The third-order valence-corrected chi connectivity index (χ3v) is 2.57. The molecule has 2 aromatic rings. The van der Waals surface area contributed by atoms with Crippen LogP contribution in [0.5, 0.6) is 5.75 Å². The van der Waals surface area contributed by atoms with Crippen LogP contribution in [0.1, 0.15) is 5.56 Å². The first-order chi connectivity index (χ1) is 7.66. The molecule has 0 amide bonds. The number of halogens is 1. The number of aromatic nitrogens is 1. The van der Waals surface area contributed by atoms with Gasteiger partial charge in [-0.25, -0.2) is 0 Å². The highest BCUT2D eigenvalue weighted by atomic mass is 35.5. The molecule has 0 spiro atoms. The van der Waals surface area contributed by atoms with Crippen molar-refractivity contribution in [3.8, 4) is 5.75 Å². The summed E-state index contributed by atoms with van der Waals surface area (Å²) in [6.07, 6.45) is 1.71. The SMILES string of the molecule is O=c1ccccn1Cc1ccc(O)c(Cl)c1. The molecule has 16 heavy (non-hydrogen) atoms. The Morgan fingerprint density at radius 2 is 2.06 bits per heavy atom. The quantitative estimate of drug-likeness (QED) is 0.868. The lowest BCUT2D eigenvalue weighted by Crippen LogP contribution is -2.18. The minimum atomic E-state index is -0.0632. The van der Waals surface area contributed by atoms with E-state index < -0.39 is 0 Å². The summed E-state index contributed by atoms with van der Waals surface area (Å²) in [5, 5.41) is 9.56. The lowest BCUT2D eigenvalue weighted by atomic mass is 10.2. The molecule has 0 aliphatic carbocycles. The van der Waals surface area contributed by atoms with E-state index in [1.807, 2.05) is 0 Å². The van der Waals surface area contributed by atoms with Crippen molar-refractivity contribution >= 4 is 11.6 Å². The third-order valence-electron chi connectivity index (χ3n) is 2.26. The Kier molecular flexibility index (Phi) is 2.97. The van der Waals surface area contributed by atoms with Gasteiger partial charge in [0.15, 0.2) is 0 Å². The van der Waals surface area contributed by atoms with Gasteiger partial charge in [0.2, 0.25) is 0 Å². The largest absolute Gasteiger partial charge is 0.506 e. The monoisotopic (exact) mass is 235 g/mol. The molecule has 0 fully saturated rings. The van der Waals surface area contributed by atoms with Gasteiger partial charge in [-0.3, -0.25) is 4.79 Å². The van der Waals surface area contributed by atoms with E-state index in [2.05, 4.69) is 0 Å². The molecule has 1 aromatic heterocycles. The summed E-state index contributed by atoms with van der Waals surface area (Å²) in [6.45, 7) is 0.444. The Hall–Kier alpha value is -1.74. The van der Waals surface area contributed by atoms with Gasteiger partial charge in [0, 0.05) is 12.3 Å². The van der Waals surface area contributed by atoms with E-state index in [0.29, 0.717) is 11.6 Å². The number of phenolic OH excluding ortho intramolecular Hbond substituents is 1. The van der Waals surface area contributed by atoms with Crippen LogP contribution in [-0.4, -0.2) is 9.67 Å². The van der Waals surface area contributed by atoms with Crippen LogP contribution in [0.4, 0.5) is 0 Å². The van der Waals surface area contributed by atoms with Gasteiger partial charge in [0.1, 0.15) is 5.75 Å². The maximum atomic E-state index is 11.5. The lowest BCUT2D eigenvalue weighted by Gasteiger charge is -2.06. The van der Waals surface area contributed by atoms with Crippen LogP contribution in [0.15, 0.2) is 47.4 Å². The highest BCUT2D eigenvalue weighted by molar-refractivity contribution is 6.32. The average Bonchev–Trinajstić information content (AvgIpc) is 2.27. The van der Waals surface area contributed by atoms with Crippen LogP contribution in [0.25, 0.3) is 0 Å². The van der Waals surface area contributed by atoms with Gasteiger partial charge >= 0.3 is 0 Å². The fraction of sp³-hybridized carbons (Fsp3) is 0.0833. The maximum Gasteiger partial charge on any atom is 0.250 e. The molecule has 0 radical (unpaired) electrons. The van der Waals surface area contributed by atoms with Gasteiger partial charge in [-0.05, 0) is 23.8 Å². The number of benzene rings is 1. The second kappa shape index (κ2) is 4.41. The number of aromatic hydroxyl groups is 1. The molecule has 0 bridgehead atoms. The first kappa shape index (κ1) is 10.8. The second-order valence-corrected chi connectivity index (χ2v) is 3.86. The predicted octanol–water partition coefficient (Wildman–Crippen LogP) is 2.26. The van der Waals surface area contributed by atoms with E-state index in [-0.39, 0.29) is 11.3 Å². The average molecular weight is 236 g/mol. The van der Waals surface area contributed by atoms with Crippen molar-refractivity contribution in [2.24, 2.45) is 0 Å². The van der Waals surface area contributed by atoms with E-state index in [9.17, 15) is 9.90 Å². The van der Waals surface area contributed by atoms with Crippen LogP contribution < -0.4 is 5.56 Å². The number of hydrogen-bond acceptors (Lipinski definition) is 2. The van der Waals surface area contributed by atoms with Crippen molar-refractivity contribution in [2.75, 3.05) is 0 Å². The number of phenols is 1. The summed E-state index contributed by atoms with van der Waals surface area (Å²) in [5.74, 6) is 0.0471. The molecule has 0 aliphatic heterocycles. The van der Waals surface area contributed by atoms with E-state index in [1.54, 1.807) is 35.0 Å². The second-order valence-electron chi connectivity index (χ2n) is 3.45. The number of hydrogen-bond donors (Lipinski definition) is 1. The van der Waals surface area contributed by atoms with Crippen LogP contribution in [0, 0.1) is 0 Å². The molecular formula is C12H10ClNO2. The lowest BCUT2D eigenvalue weighted by molar-refractivity contribution is 0.475. The minimum absolute atomic E-state index is 0.0471. The van der Waals surface area contributed by atoms with Crippen molar-refractivity contribution in [2.45, 2.75) is 6.54 Å². The summed E-state index contributed by atoms with van der Waals surface area (Å²) in [7, 11) is 0. The van der Waals surface area contributed by atoms with Gasteiger partial charge in [0.25, 0.3) is 5.56 Å². The molecule has 0 atom stereocenters. The molecule has 4 heteroatoms. The van der Waals surface area contributed by atoms with Crippen molar-refractivity contribution in [3.63, 3.8) is 0 Å². The Morgan fingerprint density at radius 3 is 2.75 bits per heavy atom. The number of rotatable bonds is 2. The summed E-state index contributed by atoms with van der Waals surface area (Å²) in [6, 6.07) is 9.90. The first-order valence-electron chi connectivity index (χ1n) is 4.80. The third kappa shape index (κ3) is 2.25. The van der Waals surface area contributed by atoms with E-state index in [4.69, 9.17) is 11.6 Å². The molecule has 0 unspecified atom stereocenters. The Balaban J connectivity index is 2.31. The maximum absolute atomic E-state index is 11.5. The fourth-order valence-electron chi connectivity index (χ4n) is 1.44. The molecule has 3 nitrogen and oxygen atoms in total. The summed E-state index contributed by atoms with van der Waals surface area (Å²) < 4.78 is 1.57. The predicted molar refractivity (Wildman–Crippen MR) is 62.9 cm³/mol. The molecule has 1 aromatic carbocycles. The molecule has 82 valence electrons. The van der Waals surface area contributed by atoms with Gasteiger partial charge in [0.05, 0.1) is 11.6 Å². The topological polar surface area (TPSA) is 42.2 Å². The van der Waals surface area contributed by atoms with Crippen molar-refractivity contribution in [3.05, 3.63) is 63.5 Å². The number of nitrogens with zero attached hydrogens (tertiary/aromatic N) is 1. The fourth-order valence-corrected chi connectivity index (χ4v) is 1.64. The molecule has 1 heterocycles. The smallest absolute Gasteiger partial charge is 0.250 e. The number of pyridine rings is 1. The molecule has 0 aliphatic rings. The zero-order chi connectivity index (χ0) is 11.5. The van der Waals surface area contributed by atoms with E-state index in [1.165, 1.54) is 12.1 Å². The normalized spacial score (nSPS) is 10.3. The Bertz CT molecular complexity index is 563. The van der Waals surface area contributed by atoms with Gasteiger partial charge in [-0.15, -0.1) is 0 Å². The van der Waals surface area contributed by atoms with Crippen molar-refractivity contribution < 1.29 is 5.11 Å². The highest BCUT2D eigenvalue weighted by Gasteiger charge is 2.01. The first-order valence-corrected chi connectivity index (χ1v) is 5.17. The zero-order valence-electron chi connectivity index (χ0n) is 8.43.